The molecule has 1 amide bonds. The normalized spacial score (nSPS) is 15.3. The number of aromatic amines is 1. The van der Waals surface area contributed by atoms with E-state index < -0.39 is 0 Å². The maximum atomic E-state index is 13.0. The lowest BCUT2D eigenvalue weighted by molar-refractivity contribution is 0.0695. The second-order valence-corrected chi connectivity index (χ2v) is 7.90. The van der Waals surface area contributed by atoms with Crippen molar-refractivity contribution in [2.75, 3.05) is 13.1 Å². The second-order valence-electron chi connectivity index (χ2n) is 7.46. The molecule has 5 nitrogen and oxygen atoms in total. The van der Waals surface area contributed by atoms with E-state index >= 15 is 0 Å². The van der Waals surface area contributed by atoms with Gasteiger partial charge >= 0.3 is 5.69 Å². The minimum atomic E-state index is -0.130. The molecular formula is C23H19ClN3O2. The highest BCUT2D eigenvalue weighted by molar-refractivity contribution is 6.31. The summed E-state index contributed by atoms with van der Waals surface area (Å²) < 4.78 is 1.78. The summed E-state index contributed by atoms with van der Waals surface area (Å²) in [7, 11) is 0. The van der Waals surface area contributed by atoms with Crippen molar-refractivity contribution in [3.8, 4) is 0 Å². The molecule has 4 aromatic rings. The summed E-state index contributed by atoms with van der Waals surface area (Å²) in [5, 5.41) is 2.71. The average molecular weight is 405 g/mol. The van der Waals surface area contributed by atoms with Crippen LogP contribution in [0.5, 0.6) is 0 Å². The van der Waals surface area contributed by atoms with Gasteiger partial charge in [-0.25, -0.2) is 4.79 Å². The number of amides is 1. The first-order valence-corrected chi connectivity index (χ1v) is 10.1. The SMILES string of the molecule is O=C(c1[c]cc2ccccc2c1)N1CCC(n2c(=O)[nH]c3ccc(Cl)cc32)CC1. The van der Waals surface area contributed by atoms with Crippen LogP contribution in [0.2, 0.25) is 5.02 Å². The molecule has 3 aromatic carbocycles. The molecule has 6 heteroatoms. The summed E-state index contributed by atoms with van der Waals surface area (Å²) in [4.78, 5) is 30.2. The van der Waals surface area contributed by atoms with Crippen LogP contribution < -0.4 is 5.69 Å². The Balaban J connectivity index is 1.36. The average Bonchev–Trinajstić information content (AvgIpc) is 3.08. The molecule has 0 unspecified atom stereocenters. The van der Waals surface area contributed by atoms with Crippen molar-refractivity contribution >= 4 is 39.3 Å². The first-order valence-electron chi connectivity index (χ1n) is 9.70. The number of carbonyl (C=O) groups is 1. The molecule has 29 heavy (non-hydrogen) atoms. The summed E-state index contributed by atoms with van der Waals surface area (Å²) in [5.41, 5.74) is 2.05. The van der Waals surface area contributed by atoms with Crippen molar-refractivity contribution in [3.63, 3.8) is 0 Å². The smallest absolute Gasteiger partial charge is 0.326 e. The molecule has 1 radical (unpaired) electrons. The van der Waals surface area contributed by atoms with Crippen LogP contribution in [0.15, 0.2) is 59.4 Å². The first-order chi connectivity index (χ1) is 14.1. The van der Waals surface area contributed by atoms with Crippen LogP contribution in [0.4, 0.5) is 0 Å². The van der Waals surface area contributed by atoms with Gasteiger partial charge in [0.15, 0.2) is 0 Å². The number of nitrogens with zero attached hydrogens (tertiary/aromatic N) is 2. The summed E-state index contributed by atoms with van der Waals surface area (Å²) in [6.45, 7) is 1.20. The lowest BCUT2D eigenvalue weighted by Gasteiger charge is -2.32. The Morgan fingerprint density at radius 3 is 2.62 bits per heavy atom. The lowest BCUT2D eigenvalue weighted by Crippen LogP contribution is -2.40. The zero-order valence-corrected chi connectivity index (χ0v) is 16.4. The van der Waals surface area contributed by atoms with E-state index in [1.165, 1.54) is 0 Å². The van der Waals surface area contributed by atoms with Crippen LogP contribution in [0, 0.1) is 6.07 Å². The Labute approximate surface area is 172 Å². The van der Waals surface area contributed by atoms with Gasteiger partial charge in [-0.1, -0.05) is 35.9 Å². The number of rotatable bonds is 2. The van der Waals surface area contributed by atoms with Gasteiger partial charge < -0.3 is 9.88 Å². The number of halogens is 1. The van der Waals surface area contributed by atoms with Gasteiger partial charge in [0.25, 0.3) is 5.91 Å². The monoisotopic (exact) mass is 404 g/mol. The van der Waals surface area contributed by atoms with Crippen LogP contribution in [0.25, 0.3) is 21.8 Å². The number of likely N-dealkylation sites (tertiary alicyclic amines) is 1. The van der Waals surface area contributed by atoms with Crippen molar-refractivity contribution in [2.24, 2.45) is 0 Å². The van der Waals surface area contributed by atoms with Crippen LogP contribution in [0.1, 0.15) is 29.2 Å². The Morgan fingerprint density at radius 1 is 1.07 bits per heavy atom. The molecule has 145 valence electrons. The fraction of sp³-hybridized carbons (Fsp3) is 0.217. The van der Waals surface area contributed by atoms with Crippen LogP contribution in [0.3, 0.4) is 0 Å². The minimum absolute atomic E-state index is 0.0106. The molecule has 0 saturated carbocycles. The van der Waals surface area contributed by atoms with E-state index in [4.69, 9.17) is 11.6 Å². The van der Waals surface area contributed by atoms with Gasteiger partial charge in [0.1, 0.15) is 0 Å². The summed E-state index contributed by atoms with van der Waals surface area (Å²) in [5.74, 6) is -0.0106. The molecule has 2 heterocycles. The third-order valence-corrected chi connectivity index (χ3v) is 5.94. The molecule has 0 spiro atoms. The number of hydrogen-bond donors (Lipinski definition) is 1. The largest absolute Gasteiger partial charge is 0.338 e. The van der Waals surface area contributed by atoms with E-state index in [-0.39, 0.29) is 17.6 Å². The molecule has 0 bridgehead atoms. The Bertz CT molecular complexity index is 1280. The second kappa shape index (κ2) is 7.08. The maximum absolute atomic E-state index is 13.0. The number of benzene rings is 3. The van der Waals surface area contributed by atoms with Gasteiger partial charge in [-0.3, -0.25) is 9.36 Å². The van der Waals surface area contributed by atoms with E-state index in [9.17, 15) is 9.59 Å². The molecule has 1 aliphatic rings. The highest BCUT2D eigenvalue weighted by Crippen LogP contribution is 2.27. The lowest BCUT2D eigenvalue weighted by atomic mass is 10.0. The number of nitrogens with one attached hydrogen (secondary N) is 1. The fourth-order valence-electron chi connectivity index (χ4n) is 4.20. The molecule has 1 saturated heterocycles. The number of aromatic nitrogens is 2. The molecular weight excluding hydrogens is 386 g/mol. The Kier molecular flexibility index (Phi) is 4.40. The van der Waals surface area contributed by atoms with Crippen LogP contribution in [-0.2, 0) is 0 Å². The van der Waals surface area contributed by atoms with Gasteiger partial charge in [-0.05, 0) is 60.0 Å². The third-order valence-electron chi connectivity index (χ3n) is 5.71. The van der Waals surface area contributed by atoms with E-state index in [1.54, 1.807) is 10.6 Å². The number of imidazole rings is 1. The zero-order valence-electron chi connectivity index (χ0n) is 15.7. The van der Waals surface area contributed by atoms with E-state index in [0.717, 1.165) is 34.6 Å². The third kappa shape index (κ3) is 3.21. The standard InChI is InChI=1S/C23H19ClN3O2/c24-18-7-8-20-21(14-18)27(23(29)25-20)19-9-11-26(12-10-19)22(28)17-6-5-15-3-1-2-4-16(15)13-17/h1-5,7-8,13-14,19H,9-12H2,(H,25,29). The predicted molar refractivity (Wildman–Crippen MR) is 115 cm³/mol. The van der Waals surface area contributed by atoms with Gasteiger partial charge in [-0.2, -0.15) is 0 Å². The van der Waals surface area contributed by atoms with Crippen molar-refractivity contribution in [2.45, 2.75) is 18.9 Å². The topological polar surface area (TPSA) is 58.1 Å². The van der Waals surface area contributed by atoms with Crippen molar-refractivity contribution in [1.82, 2.24) is 14.5 Å². The number of fused-ring (bicyclic) bond motifs is 2. The molecule has 1 fully saturated rings. The van der Waals surface area contributed by atoms with E-state index in [2.05, 4.69) is 11.1 Å². The van der Waals surface area contributed by atoms with Crippen molar-refractivity contribution in [3.05, 3.63) is 81.7 Å². The Morgan fingerprint density at radius 2 is 1.83 bits per heavy atom. The number of piperidine rings is 1. The first kappa shape index (κ1) is 18.0. The van der Waals surface area contributed by atoms with Gasteiger partial charge in [0.2, 0.25) is 0 Å². The van der Waals surface area contributed by atoms with E-state index in [1.807, 2.05) is 53.4 Å². The quantitative estimate of drug-likeness (QED) is 0.538. The van der Waals surface area contributed by atoms with Gasteiger partial charge in [-0.15, -0.1) is 0 Å². The Hall–Kier alpha value is -3.05. The molecule has 0 aliphatic carbocycles. The molecule has 1 aromatic heterocycles. The van der Waals surface area contributed by atoms with E-state index in [0.29, 0.717) is 23.7 Å². The summed E-state index contributed by atoms with van der Waals surface area (Å²) >= 11 is 6.13. The highest BCUT2D eigenvalue weighted by atomic mass is 35.5. The number of hydrogen-bond acceptors (Lipinski definition) is 2. The van der Waals surface area contributed by atoms with Gasteiger partial charge in [0.05, 0.1) is 11.0 Å². The van der Waals surface area contributed by atoms with Gasteiger partial charge in [0, 0.05) is 29.7 Å². The fourth-order valence-corrected chi connectivity index (χ4v) is 4.37. The molecule has 1 aliphatic heterocycles. The summed E-state index contributed by atoms with van der Waals surface area (Å²) in [6, 6.07) is 20.3. The number of H-pyrrole nitrogens is 1. The summed E-state index contributed by atoms with van der Waals surface area (Å²) in [6.07, 6.45) is 1.44. The number of carbonyl (C=O) groups excluding carboxylic acids is 1. The van der Waals surface area contributed by atoms with Crippen molar-refractivity contribution in [1.29, 1.82) is 0 Å². The predicted octanol–water partition coefficient (Wildman–Crippen LogP) is 4.41. The molecule has 0 atom stereocenters. The van der Waals surface area contributed by atoms with Crippen LogP contribution in [-0.4, -0.2) is 33.4 Å². The van der Waals surface area contributed by atoms with Crippen molar-refractivity contribution < 1.29 is 4.79 Å². The minimum Gasteiger partial charge on any atom is -0.338 e. The molecule has 1 N–H and O–H groups in total. The maximum Gasteiger partial charge on any atom is 0.326 e. The zero-order chi connectivity index (χ0) is 20.0. The molecule has 5 rings (SSSR count). The van der Waals surface area contributed by atoms with Crippen LogP contribution >= 0.6 is 11.6 Å². The highest BCUT2D eigenvalue weighted by Gasteiger charge is 2.27.